The summed E-state index contributed by atoms with van der Waals surface area (Å²) < 4.78 is 0. The minimum atomic E-state index is -1.51. The minimum absolute atomic E-state index is 0.0805. The molecule has 9 N–H and O–H groups in total. The number of thioether (sulfide) groups is 1. The summed E-state index contributed by atoms with van der Waals surface area (Å²) in [5, 5.41) is 35.3. The normalized spacial score (nSPS) is 15.2. The maximum atomic E-state index is 13.0. The number of imidazole rings is 1. The van der Waals surface area contributed by atoms with Gasteiger partial charge in [-0.2, -0.15) is 11.8 Å². The SMILES string of the molecule is CSCCC(NC(=O)C(NC(=O)C(Cc1cnc[nH]1)NC(=O)C(N)CCC(=O)O)C(C)O)C(=O)O. The fourth-order valence-corrected chi connectivity index (χ4v) is 3.40. The number of carboxylic acids is 2. The summed E-state index contributed by atoms with van der Waals surface area (Å²) in [5.74, 6) is -4.48. The lowest BCUT2D eigenvalue weighted by Crippen LogP contribution is -2.60. The van der Waals surface area contributed by atoms with Gasteiger partial charge < -0.3 is 42.0 Å². The van der Waals surface area contributed by atoms with Crippen LogP contribution in [0.15, 0.2) is 12.5 Å². The maximum absolute atomic E-state index is 13.0. The van der Waals surface area contributed by atoms with Gasteiger partial charge in [0.05, 0.1) is 18.5 Å². The molecule has 0 bridgehead atoms. The molecule has 15 heteroatoms. The van der Waals surface area contributed by atoms with Crippen molar-refractivity contribution in [2.45, 2.75) is 62.9 Å². The van der Waals surface area contributed by atoms with Crippen LogP contribution in [-0.4, -0.2) is 97.2 Å². The number of nitrogens with one attached hydrogen (secondary N) is 4. The monoisotopic (exact) mass is 516 g/mol. The third kappa shape index (κ3) is 10.7. The van der Waals surface area contributed by atoms with Gasteiger partial charge >= 0.3 is 11.9 Å². The number of amides is 3. The van der Waals surface area contributed by atoms with Crippen molar-refractivity contribution in [3.63, 3.8) is 0 Å². The lowest BCUT2D eigenvalue weighted by molar-refractivity contribution is -0.143. The predicted octanol–water partition coefficient (Wildman–Crippen LogP) is -2.18. The number of aliphatic hydroxyl groups excluding tert-OH is 1. The molecule has 0 aromatic carbocycles. The molecule has 35 heavy (non-hydrogen) atoms. The van der Waals surface area contributed by atoms with Gasteiger partial charge in [-0.25, -0.2) is 9.78 Å². The second-order valence-corrected chi connectivity index (χ2v) is 8.77. The molecule has 1 heterocycles. The number of nitrogens with zero attached hydrogens (tertiary/aromatic N) is 1. The Morgan fingerprint density at radius 2 is 1.71 bits per heavy atom. The number of aliphatic hydroxyl groups is 1. The number of H-pyrrole nitrogens is 1. The lowest BCUT2D eigenvalue weighted by Gasteiger charge is -2.26. The van der Waals surface area contributed by atoms with Crippen molar-refractivity contribution < 1.29 is 39.3 Å². The fraction of sp³-hybridized carbons (Fsp3) is 0.600. The van der Waals surface area contributed by atoms with Gasteiger partial charge in [0.2, 0.25) is 17.7 Å². The fourth-order valence-electron chi connectivity index (χ4n) is 2.93. The molecule has 3 amide bonds. The van der Waals surface area contributed by atoms with Crippen LogP contribution in [-0.2, 0) is 30.4 Å². The largest absolute Gasteiger partial charge is 0.481 e. The summed E-state index contributed by atoms with van der Waals surface area (Å²) >= 11 is 1.39. The van der Waals surface area contributed by atoms with Crippen LogP contribution in [0.1, 0.15) is 31.9 Å². The second kappa shape index (κ2) is 15.0. The van der Waals surface area contributed by atoms with Crippen LogP contribution in [0.25, 0.3) is 0 Å². The number of carbonyl (C=O) groups is 5. The van der Waals surface area contributed by atoms with Crippen molar-refractivity contribution in [2.24, 2.45) is 5.73 Å². The van der Waals surface area contributed by atoms with E-state index in [9.17, 15) is 34.2 Å². The number of hydrogen-bond acceptors (Lipinski definition) is 9. The Bertz CT molecular complexity index is 866. The number of aromatic amines is 1. The number of carboxylic acid groups (broad SMARTS) is 2. The Labute approximate surface area is 205 Å². The van der Waals surface area contributed by atoms with Gasteiger partial charge in [0.15, 0.2) is 0 Å². The van der Waals surface area contributed by atoms with E-state index in [2.05, 4.69) is 25.9 Å². The van der Waals surface area contributed by atoms with E-state index in [1.807, 2.05) is 0 Å². The molecule has 0 aliphatic carbocycles. The second-order valence-electron chi connectivity index (χ2n) is 7.79. The molecule has 5 unspecified atom stereocenters. The Kier molecular flexibility index (Phi) is 12.8. The van der Waals surface area contributed by atoms with Gasteiger partial charge in [-0.1, -0.05) is 0 Å². The number of aliphatic carboxylic acids is 2. The highest BCUT2D eigenvalue weighted by Crippen LogP contribution is 2.05. The first-order valence-corrected chi connectivity index (χ1v) is 12.1. The smallest absolute Gasteiger partial charge is 0.326 e. The Morgan fingerprint density at radius 1 is 1.06 bits per heavy atom. The molecule has 14 nitrogen and oxygen atoms in total. The van der Waals surface area contributed by atoms with E-state index < -0.39 is 59.9 Å². The summed E-state index contributed by atoms with van der Waals surface area (Å²) in [6, 6.07) is -5.20. The first kappa shape index (κ1) is 29.9. The number of hydrogen-bond donors (Lipinski definition) is 8. The molecule has 0 saturated carbocycles. The van der Waals surface area contributed by atoms with E-state index in [-0.39, 0.29) is 25.7 Å². The van der Waals surface area contributed by atoms with E-state index in [4.69, 9.17) is 10.8 Å². The number of aromatic nitrogens is 2. The molecule has 0 spiro atoms. The van der Waals surface area contributed by atoms with Crippen molar-refractivity contribution in [2.75, 3.05) is 12.0 Å². The zero-order valence-corrected chi connectivity index (χ0v) is 20.2. The van der Waals surface area contributed by atoms with Crippen LogP contribution < -0.4 is 21.7 Å². The molecule has 0 fully saturated rings. The Morgan fingerprint density at radius 3 is 2.23 bits per heavy atom. The van der Waals surface area contributed by atoms with Crippen LogP contribution in [0.5, 0.6) is 0 Å². The van der Waals surface area contributed by atoms with Gasteiger partial charge in [-0.3, -0.25) is 19.2 Å². The standard InChI is InChI=1S/C20H32N6O8S/c1-10(27)16(19(32)24-13(20(33)34)5-6-35-2)26-18(31)14(7-11-8-22-9-23-11)25-17(30)12(21)3-4-15(28)29/h8-10,12-14,16,27H,3-7,21H2,1-2H3,(H,22,23)(H,24,32)(H,25,30)(H,26,31)(H,28,29)(H,33,34). The molecule has 0 radical (unpaired) electrons. The maximum Gasteiger partial charge on any atom is 0.326 e. The molecule has 5 atom stereocenters. The van der Waals surface area contributed by atoms with Gasteiger partial charge in [-0.15, -0.1) is 0 Å². The molecule has 0 aliphatic heterocycles. The van der Waals surface area contributed by atoms with Gasteiger partial charge in [-0.05, 0) is 31.8 Å². The molecular formula is C20H32N6O8S. The van der Waals surface area contributed by atoms with Gasteiger partial charge in [0.1, 0.15) is 18.1 Å². The van der Waals surface area contributed by atoms with Crippen molar-refractivity contribution in [1.29, 1.82) is 0 Å². The minimum Gasteiger partial charge on any atom is -0.481 e. The third-order valence-corrected chi connectivity index (χ3v) is 5.55. The summed E-state index contributed by atoms with van der Waals surface area (Å²) in [6.45, 7) is 1.24. The van der Waals surface area contributed by atoms with Crippen LogP contribution in [0.4, 0.5) is 0 Å². The van der Waals surface area contributed by atoms with Crippen LogP contribution >= 0.6 is 11.8 Å². The first-order valence-electron chi connectivity index (χ1n) is 10.7. The highest BCUT2D eigenvalue weighted by molar-refractivity contribution is 7.98. The van der Waals surface area contributed by atoms with Crippen LogP contribution in [0, 0.1) is 0 Å². The zero-order chi connectivity index (χ0) is 26.5. The van der Waals surface area contributed by atoms with Crippen LogP contribution in [0.3, 0.4) is 0 Å². The molecule has 1 rings (SSSR count). The Hall–Kier alpha value is -3.17. The predicted molar refractivity (Wildman–Crippen MR) is 125 cm³/mol. The van der Waals surface area contributed by atoms with Crippen LogP contribution in [0.2, 0.25) is 0 Å². The highest BCUT2D eigenvalue weighted by Gasteiger charge is 2.33. The van der Waals surface area contributed by atoms with Crippen molar-refractivity contribution in [1.82, 2.24) is 25.9 Å². The lowest BCUT2D eigenvalue weighted by atomic mass is 10.1. The number of rotatable bonds is 16. The van der Waals surface area contributed by atoms with E-state index in [1.54, 1.807) is 6.26 Å². The van der Waals surface area contributed by atoms with Gasteiger partial charge in [0, 0.05) is 24.7 Å². The van der Waals surface area contributed by atoms with E-state index in [0.29, 0.717) is 11.4 Å². The number of nitrogens with two attached hydrogens (primary N) is 1. The zero-order valence-electron chi connectivity index (χ0n) is 19.4. The highest BCUT2D eigenvalue weighted by atomic mass is 32.2. The average molecular weight is 517 g/mol. The summed E-state index contributed by atoms with van der Waals surface area (Å²) in [5.41, 5.74) is 6.18. The quantitative estimate of drug-likeness (QED) is 0.117. The van der Waals surface area contributed by atoms with E-state index in [1.165, 1.54) is 31.2 Å². The van der Waals surface area contributed by atoms with Crippen molar-refractivity contribution >= 4 is 41.4 Å². The summed E-state index contributed by atoms with van der Waals surface area (Å²) in [6.07, 6.45) is 2.70. The van der Waals surface area contributed by atoms with E-state index >= 15 is 0 Å². The summed E-state index contributed by atoms with van der Waals surface area (Å²) in [7, 11) is 0. The van der Waals surface area contributed by atoms with Crippen molar-refractivity contribution in [3.05, 3.63) is 18.2 Å². The molecule has 196 valence electrons. The topological polar surface area (TPSA) is 237 Å². The molecular weight excluding hydrogens is 484 g/mol. The third-order valence-electron chi connectivity index (χ3n) is 4.91. The Balaban J connectivity index is 2.98. The van der Waals surface area contributed by atoms with Gasteiger partial charge in [0.25, 0.3) is 0 Å². The van der Waals surface area contributed by atoms with E-state index in [0.717, 1.165) is 0 Å². The average Bonchev–Trinajstić information content (AvgIpc) is 3.30. The van der Waals surface area contributed by atoms with Crippen molar-refractivity contribution in [3.8, 4) is 0 Å². The number of carbonyl (C=O) groups excluding carboxylic acids is 3. The molecule has 0 saturated heterocycles. The first-order chi connectivity index (χ1) is 16.5. The molecule has 0 aliphatic rings. The molecule has 1 aromatic rings. The molecule has 1 aromatic heterocycles. The summed E-state index contributed by atoms with van der Waals surface area (Å²) in [4.78, 5) is 66.9.